The number of halogens is 1. The molecule has 6 heteroatoms. The van der Waals surface area contributed by atoms with E-state index < -0.39 is 0 Å². The third-order valence-electron chi connectivity index (χ3n) is 2.54. The summed E-state index contributed by atoms with van der Waals surface area (Å²) in [4.78, 5) is 9.69. The predicted molar refractivity (Wildman–Crippen MR) is 70.5 cm³/mol. The van der Waals surface area contributed by atoms with Crippen molar-refractivity contribution < 1.29 is 4.39 Å². The predicted octanol–water partition coefficient (Wildman–Crippen LogP) is 2.01. The van der Waals surface area contributed by atoms with E-state index in [-0.39, 0.29) is 11.8 Å². The highest BCUT2D eigenvalue weighted by molar-refractivity contribution is 5.63. The lowest BCUT2D eigenvalue weighted by molar-refractivity contribution is 0.627. The summed E-state index contributed by atoms with van der Waals surface area (Å²) in [6.45, 7) is 0. The Bertz CT molecular complexity index is 558. The number of anilines is 4. The summed E-state index contributed by atoms with van der Waals surface area (Å²) in [5.41, 5.74) is 6.03. The first-order chi connectivity index (χ1) is 8.61. The van der Waals surface area contributed by atoms with Gasteiger partial charge in [0, 0.05) is 20.2 Å². The lowest BCUT2D eigenvalue weighted by Crippen LogP contribution is -2.14. The molecule has 0 saturated carbocycles. The molecule has 0 radical (unpaired) electrons. The van der Waals surface area contributed by atoms with Gasteiger partial charge in [-0.1, -0.05) is 12.1 Å². The average Bonchev–Trinajstić information content (AvgIpc) is 2.37. The SMILES string of the molecule is CNc1cc(N(C)c2ccccc2F)nc(N)n1. The van der Waals surface area contributed by atoms with Gasteiger partial charge in [0.1, 0.15) is 17.5 Å². The number of nitrogens with one attached hydrogen (secondary N) is 1. The second kappa shape index (κ2) is 4.87. The van der Waals surface area contributed by atoms with Gasteiger partial charge in [-0.2, -0.15) is 9.97 Å². The van der Waals surface area contributed by atoms with Gasteiger partial charge >= 0.3 is 0 Å². The zero-order valence-electron chi connectivity index (χ0n) is 10.2. The molecule has 0 amide bonds. The summed E-state index contributed by atoms with van der Waals surface area (Å²) in [6.07, 6.45) is 0. The van der Waals surface area contributed by atoms with Gasteiger partial charge in [-0.25, -0.2) is 4.39 Å². The first-order valence-electron chi connectivity index (χ1n) is 5.42. The molecule has 2 aromatic rings. The highest BCUT2D eigenvalue weighted by Gasteiger charge is 2.11. The van der Waals surface area contributed by atoms with Crippen molar-refractivity contribution in [3.8, 4) is 0 Å². The van der Waals surface area contributed by atoms with Crippen LogP contribution in [0.4, 0.5) is 27.7 Å². The van der Waals surface area contributed by atoms with Gasteiger partial charge in [0.05, 0.1) is 5.69 Å². The second-order valence-corrected chi connectivity index (χ2v) is 3.73. The Morgan fingerprint density at radius 3 is 2.67 bits per heavy atom. The molecule has 0 fully saturated rings. The highest BCUT2D eigenvalue weighted by Crippen LogP contribution is 2.26. The molecule has 5 nitrogen and oxygen atoms in total. The molecule has 3 N–H and O–H groups in total. The smallest absolute Gasteiger partial charge is 0.223 e. The molecule has 0 aliphatic heterocycles. The van der Waals surface area contributed by atoms with E-state index >= 15 is 0 Å². The van der Waals surface area contributed by atoms with E-state index in [0.717, 1.165) is 0 Å². The number of nitrogens with zero attached hydrogens (tertiary/aromatic N) is 3. The lowest BCUT2D eigenvalue weighted by Gasteiger charge is -2.19. The molecule has 0 saturated heterocycles. The van der Waals surface area contributed by atoms with Crippen LogP contribution in [0.2, 0.25) is 0 Å². The fourth-order valence-corrected chi connectivity index (χ4v) is 1.60. The number of nitrogen functional groups attached to an aromatic ring is 1. The largest absolute Gasteiger partial charge is 0.373 e. The van der Waals surface area contributed by atoms with Crippen LogP contribution in [0.1, 0.15) is 0 Å². The molecule has 2 rings (SSSR count). The van der Waals surface area contributed by atoms with Crippen molar-refractivity contribution in [1.82, 2.24) is 9.97 Å². The molecule has 1 aromatic heterocycles. The number of benzene rings is 1. The molecule has 0 spiro atoms. The van der Waals surface area contributed by atoms with Crippen molar-refractivity contribution in [2.45, 2.75) is 0 Å². The molecule has 0 aliphatic carbocycles. The quantitative estimate of drug-likeness (QED) is 0.868. The number of aromatic nitrogens is 2. The molecule has 0 unspecified atom stereocenters. The third-order valence-corrected chi connectivity index (χ3v) is 2.54. The summed E-state index contributed by atoms with van der Waals surface area (Å²) in [6, 6.07) is 8.17. The van der Waals surface area contributed by atoms with E-state index in [1.807, 2.05) is 0 Å². The van der Waals surface area contributed by atoms with Gasteiger partial charge in [0.15, 0.2) is 0 Å². The average molecular weight is 247 g/mol. The first-order valence-corrected chi connectivity index (χ1v) is 5.42. The molecular weight excluding hydrogens is 233 g/mol. The maximum absolute atomic E-state index is 13.7. The van der Waals surface area contributed by atoms with E-state index in [1.54, 1.807) is 43.3 Å². The maximum Gasteiger partial charge on any atom is 0.223 e. The van der Waals surface area contributed by atoms with Crippen LogP contribution >= 0.6 is 0 Å². The second-order valence-electron chi connectivity index (χ2n) is 3.73. The summed E-state index contributed by atoms with van der Waals surface area (Å²) in [5, 5.41) is 2.88. The molecule has 0 bridgehead atoms. The van der Waals surface area contributed by atoms with Crippen LogP contribution in [-0.4, -0.2) is 24.1 Å². The molecular formula is C12H14FN5. The monoisotopic (exact) mass is 247 g/mol. The Labute approximate surface area is 104 Å². The van der Waals surface area contributed by atoms with Crippen molar-refractivity contribution in [2.75, 3.05) is 30.0 Å². The van der Waals surface area contributed by atoms with E-state index in [2.05, 4.69) is 15.3 Å². The van der Waals surface area contributed by atoms with Gasteiger partial charge in [-0.05, 0) is 12.1 Å². The Morgan fingerprint density at radius 2 is 2.00 bits per heavy atom. The Hall–Kier alpha value is -2.37. The maximum atomic E-state index is 13.7. The van der Waals surface area contributed by atoms with E-state index in [1.165, 1.54) is 6.07 Å². The van der Waals surface area contributed by atoms with Crippen LogP contribution in [-0.2, 0) is 0 Å². The first kappa shape index (κ1) is 12.1. The molecule has 0 aliphatic rings. The van der Waals surface area contributed by atoms with Crippen LogP contribution in [0.5, 0.6) is 0 Å². The van der Waals surface area contributed by atoms with Crippen molar-refractivity contribution >= 4 is 23.3 Å². The van der Waals surface area contributed by atoms with Crippen molar-refractivity contribution in [3.63, 3.8) is 0 Å². The number of rotatable bonds is 3. The van der Waals surface area contributed by atoms with Crippen LogP contribution < -0.4 is 16.0 Å². The van der Waals surface area contributed by atoms with Gasteiger partial charge in [0.2, 0.25) is 5.95 Å². The molecule has 0 atom stereocenters. The zero-order chi connectivity index (χ0) is 13.1. The van der Waals surface area contributed by atoms with E-state index in [9.17, 15) is 4.39 Å². The Kier molecular flexibility index (Phi) is 3.27. The standard InChI is InChI=1S/C12H14FN5/c1-15-10-7-11(17-12(14)16-10)18(2)9-6-4-3-5-8(9)13/h3-7H,1-2H3,(H3,14,15,16,17). The number of para-hydroxylation sites is 1. The van der Waals surface area contributed by atoms with Crippen molar-refractivity contribution in [2.24, 2.45) is 0 Å². The fraction of sp³-hybridized carbons (Fsp3) is 0.167. The summed E-state index contributed by atoms with van der Waals surface area (Å²) in [7, 11) is 3.45. The summed E-state index contributed by atoms with van der Waals surface area (Å²) >= 11 is 0. The van der Waals surface area contributed by atoms with Gasteiger partial charge in [-0.15, -0.1) is 0 Å². The van der Waals surface area contributed by atoms with Gasteiger partial charge in [-0.3, -0.25) is 0 Å². The van der Waals surface area contributed by atoms with Crippen molar-refractivity contribution in [1.29, 1.82) is 0 Å². The number of hydrogen-bond donors (Lipinski definition) is 2. The number of nitrogens with two attached hydrogens (primary N) is 1. The summed E-state index contributed by atoms with van der Waals surface area (Å²) in [5.74, 6) is 0.931. The van der Waals surface area contributed by atoms with E-state index in [0.29, 0.717) is 17.3 Å². The van der Waals surface area contributed by atoms with Crippen LogP contribution in [0.15, 0.2) is 30.3 Å². The Morgan fingerprint density at radius 1 is 1.28 bits per heavy atom. The van der Waals surface area contributed by atoms with Crippen molar-refractivity contribution in [3.05, 3.63) is 36.1 Å². The van der Waals surface area contributed by atoms with Crippen LogP contribution in [0.25, 0.3) is 0 Å². The fourth-order valence-electron chi connectivity index (χ4n) is 1.60. The van der Waals surface area contributed by atoms with Gasteiger partial charge < -0.3 is 16.0 Å². The topological polar surface area (TPSA) is 67.1 Å². The van der Waals surface area contributed by atoms with Crippen LogP contribution in [0, 0.1) is 5.82 Å². The zero-order valence-corrected chi connectivity index (χ0v) is 10.2. The molecule has 1 heterocycles. The van der Waals surface area contributed by atoms with Crippen LogP contribution in [0.3, 0.4) is 0 Å². The normalized spacial score (nSPS) is 10.2. The molecule has 1 aromatic carbocycles. The Balaban J connectivity index is 2.43. The number of hydrogen-bond acceptors (Lipinski definition) is 5. The van der Waals surface area contributed by atoms with E-state index in [4.69, 9.17) is 5.73 Å². The lowest BCUT2D eigenvalue weighted by atomic mass is 10.3. The molecule has 94 valence electrons. The summed E-state index contributed by atoms with van der Waals surface area (Å²) < 4.78 is 13.7. The van der Waals surface area contributed by atoms with Gasteiger partial charge in [0.25, 0.3) is 0 Å². The molecule has 18 heavy (non-hydrogen) atoms. The minimum absolute atomic E-state index is 0.139. The minimum atomic E-state index is -0.316. The third kappa shape index (κ3) is 2.32. The minimum Gasteiger partial charge on any atom is -0.373 e. The highest BCUT2D eigenvalue weighted by atomic mass is 19.1.